The van der Waals surface area contributed by atoms with Crippen LogP contribution in [0.5, 0.6) is 0 Å². The molecule has 61 heavy (non-hydrogen) atoms. The van der Waals surface area contributed by atoms with Crippen LogP contribution in [0.2, 0.25) is 0 Å². The number of ether oxygens (including phenoxy) is 2. The van der Waals surface area contributed by atoms with E-state index in [2.05, 4.69) is 19.9 Å². The number of rotatable bonds is 44. The third kappa shape index (κ3) is 45.8. The van der Waals surface area contributed by atoms with E-state index >= 15 is 0 Å². The smallest absolute Gasteiger partial charge is 0.306 e. The average Bonchev–Trinajstić information content (AvgIpc) is 3.21. The summed E-state index contributed by atoms with van der Waals surface area (Å²) in [6.07, 6.45) is 46.0. The quantitative estimate of drug-likeness (QED) is 0.0159. The van der Waals surface area contributed by atoms with Gasteiger partial charge in [-0.1, -0.05) is 191 Å². The summed E-state index contributed by atoms with van der Waals surface area (Å²) in [5.74, 6) is -0.936. The molecule has 0 amide bonds. The minimum absolute atomic E-state index is 0.0497. The molecule has 0 aliphatic heterocycles. The van der Waals surface area contributed by atoms with Gasteiger partial charge in [0.2, 0.25) is 0 Å². The molecule has 1 unspecified atom stereocenters. The molecule has 356 valence electrons. The fraction of sp³-hybridized carbons (Fsp3) is 0.800. The maximum atomic E-state index is 12.7. The van der Waals surface area contributed by atoms with Gasteiger partial charge in [0.1, 0.15) is 19.8 Å². The van der Waals surface area contributed by atoms with E-state index in [-0.39, 0.29) is 26.1 Å². The van der Waals surface area contributed by atoms with Gasteiger partial charge in [-0.25, -0.2) is 0 Å². The number of hydrogen-bond donors (Lipinski definition) is 1. The highest BCUT2D eigenvalue weighted by molar-refractivity contribution is 7.45. The Hall–Kier alpha value is -2.07. The summed E-state index contributed by atoms with van der Waals surface area (Å²) in [5, 5.41) is 10.1. The van der Waals surface area contributed by atoms with Gasteiger partial charge >= 0.3 is 11.9 Å². The van der Waals surface area contributed by atoms with Gasteiger partial charge in [0.05, 0.1) is 33.9 Å². The summed E-state index contributed by atoms with van der Waals surface area (Å²) < 4.78 is 33.9. The first-order valence-corrected chi connectivity index (χ1v) is 25.9. The van der Waals surface area contributed by atoms with Crippen LogP contribution in [0.15, 0.2) is 48.6 Å². The van der Waals surface area contributed by atoms with E-state index in [0.717, 1.165) is 32.1 Å². The van der Waals surface area contributed by atoms with E-state index < -0.39 is 38.6 Å². The summed E-state index contributed by atoms with van der Waals surface area (Å²) in [6.45, 7) is 4.06. The van der Waals surface area contributed by atoms with E-state index in [4.69, 9.17) is 18.5 Å². The highest BCUT2D eigenvalue weighted by Crippen LogP contribution is 2.38. The molecule has 0 heterocycles. The van der Waals surface area contributed by atoms with Crippen molar-refractivity contribution in [3.63, 3.8) is 0 Å². The Balaban J connectivity index is 4.41. The molecule has 0 spiro atoms. The average molecular weight is 882 g/mol. The number of hydrogen-bond acceptors (Lipinski definition) is 9. The summed E-state index contributed by atoms with van der Waals surface area (Å²) >= 11 is 0. The number of carbonyl (C=O) groups excluding carboxylic acids is 2. The lowest BCUT2D eigenvalue weighted by atomic mass is 10.0. The predicted octanol–water partition coefficient (Wildman–Crippen LogP) is 12.6. The molecule has 0 bridgehead atoms. The topological polar surface area (TPSA) is 131 Å². The van der Waals surface area contributed by atoms with Crippen molar-refractivity contribution in [2.45, 2.75) is 212 Å². The second-order valence-electron chi connectivity index (χ2n) is 17.7. The van der Waals surface area contributed by atoms with Gasteiger partial charge in [-0.15, -0.1) is 0 Å². The molecule has 0 aliphatic carbocycles. The number of phosphoric acid groups is 1. The number of likely N-dealkylation sites (N-methyl/N-ethyl adjacent to an activating group) is 1. The van der Waals surface area contributed by atoms with Crippen molar-refractivity contribution < 1.29 is 47.2 Å². The molecule has 0 radical (unpaired) electrons. The third-order valence-electron chi connectivity index (χ3n) is 10.4. The highest BCUT2D eigenvalue weighted by atomic mass is 31.2. The molecule has 0 aliphatic rings. The lowest BCUT2D eigenvalue weighted by Gasteiger charge is -2.28. The Labute approximate surface area is 374 Å². The molecule has 0 rings (SSSR count). The molecular formula is C50H92NO9P. The zero-order valence-electron chi connectivity index (χ0n) is 39.7. The number of carbonyl (C=O) groups is 2. The second-order valence-corrected chi connectivity index (χ2v) is 19.1. The first-order chi connectivity index (χ1) is 29.4. The minimum atomic E-state index is -4.65. The lowest BCUT2D eigenvalue weighted by molar-refractivity contribution is -0.870. The molecule has 0 saturated heterocycles. The van der Waals surface area contributed by atoms with Crippen LogP contribution in [-0.2, 0) is 32.7 Å². The van der Waals surface area contributed by atoms with Crippen molar-refractivity contribution in [1.29, 1.82) is 0 Å². The molecule has 11 heteroatoms. The number of esters is 2. The molecule has 0 aromatic rings. The van der Waals surface area contributed by atoms with E-state index in [1.807, 2.05) is 57.6 Å². The van der Waals surface area contributed by atoms with Gasteiger partial charge in [-0.2, -0.15) is 0 Å². The Bertz CT molecular complexity index is 1200. The lowest BCUT2D eigenvalue weighted by Crippen LogP contribution is -2.37. The number of nitrogens with zero attached hydrogens (tertiary/aromatic N) is 1. The monoisotopic (exact) mass is 882 g/mol. The van der Waals surface area contributed by atoms with Crippen molar-refractivity contribution in [3.05, 3.63) is 48.6 Å². The molecule has 0 aromatic carbocycles. The standard InChI is InChI=1S/C50H92NO9P/c1-6-8-10-12-14-15-16-17-18-19-20-21-22-23-24-25-29-34-38-42-50(54)60-48(46-59-61(55,56)58-44-43-51(3,4)5)45-57-49(53)41-37-33-30-26-28-32-36-40-47(52)39-35-31-27-13-11-9-7-2/h26-27,30-32,35-36,39,47-48,52H,6-25,28-29,33-34,37-38,40-46H2,1-5H3/b30-26+,31-27-,36-32-,39-35-/t47-,48-/m1/s1. The second kappa shape index (κ2) is 41.9. The molecule has 10 nitrogen and oxygen atoms in total. The fourth-order valence-corrected chi connectivity index (χ4v) is 7.28. The van der Waals surface area contributed by atoms with Crippen LogP contribution in [0.1, 0.15) is 200 Å². The van der Waals surface area contributed by atoms with Gasteiger partial charge in [0.25, 0.3) is 7.82 Å². The minimum Gasteiger partial charge on any atom is -0.756 e. The van der Waals surface area contributed by atoms with Crippen molar-refractivity contribution >= 4 is 19.8 Å². The Morgan fingerprint density at radius 2 is 1.11 bits per heavy atom. The summed E-state index contributed by atoms with van der Waals surface area (Å²) in [6, 6.07) is 0. The van der Waals surface area contributed by atoms with E-state index in [0.29, 0.717) is 36.7 Å². The Morgan fingerprint density at radius 1 is 0.607 bits per heavy atom. The molecule has 0 saturated carbocycles. The zero-order valence-corrected chi connectivity index (χ0v) is 40.6. The molecule has 0 fully saturated rings. The van der Waals surface area contributed by atoms with Crippen molar-refractivity contribution in [2.75, 3.05) is 47.5 Å². The Morgan fingerprint density at radius 3 is 1.69 bits per heavy atom. The van der Waals surface area contributed by atoms with E-state index in [9.17, 15) is 24.2 Å². The van der Waals surface area contributed by atoms with Gasteiger partial charge in [0, 0.05) is 12.8 Å². The number of unbranched alkanes of at least 4 members (excludes halogenated alkanes) is 22. The summed E-state index contributed by atoms with van der Waals surface area (Å²) in [4.78, 5) is 37.6. The number of phosphoric ester groups is 1. The first kappa shape index (κ1) is 58.9. The predicted molar refractivity (Wildman–Crippen MR) is 251 cm³/mol. The van der Waals surface area contributed by atoms with E-state index in [1.165, 1.54) is 116 Å². The van der Waals surface area contributed by atoms with E-state index in [1.54, 1.807) is 6.08 Å². The van der Waals surface area contributed by atoms with Crippen LogP contribution in [0.25, 0.3) is 0 Å². The van der Waals surface area contributed by atoms with Gasteiger partial charge in [-0.05, 0) is 44.9 Å². The zero-order chi connectivity index (χ0) is 45.1. The normalized spacial score (nSPS) is 14.4. The van der Waals surface area contributed by atoms with Gasteiger partial charge in [0.15, 0.2) is 6.10 Å². The van der Waals surface area contributed by atoms with Crippen LogP contribution in [0, 0.1) is 0 Å². The fourth-order valence-electron chi connectivity index (χ4n) is 6.55. The largest absolute Gasteiger partial charge is 0.756 e. The maximum Gasteiger partial charge on any atom is 0.306 e. The molecule has 1 N–H and O–H groups in total. The van der Waals surface area contributed by atoms with Crippen LogP contribution >= 0.6 is 7.82 Å². The Kier molecular flexibility index (Phi) is 40.5. The maximum absolute atomic E-state index is 12.7. The van der Waals surface area contributed by atoms with Crippen LogP contribution < -0.4 is 4.89 Å². The number of aliphatic hydroxyl groups excluding tert-OH is 1. The number of allylic oxidation sites excluding steroid dienone is 6. The van der Waals surface area contributed by atoms with Gasteiger partial charge < -0.3 is 33.0 Å². The third-order valence-corrected chi connectivity index (χ3v) is 11.4. The van der Waals surface area contributed by atoms with Crippen molar-refractivity contribution in [3.8, 4) is 0 Å². The van der Waals surface area contributed by atoms with Crippen molar-refractivity contribution in [1.82, 2.24) is 0 Å². The number of quaternary nitrogens is 1. The summed E-state index contributed by atoms with van der Waals surface area (Å²) in [5.41, 5.74) is 0. The summed E-state index contributed by atoms with van der Waals surface area (Å²) in [7, 11) is 1.10. The van der Waals surface area contributed by atoms with Gasteiger partial charge in [-0.3, -0.25) is 14.2 Å². The molecule has 3 atom stereocenters. The SMILES string of the molecule is CCCCC/C=C\C=C/[C@@H](O)C/C=C\C/C=C/CCCC(=O)OC[C@H](COP(=O)([O-])OCC[N+](C)(C)C)OC(=O)CCCCCCCCCCCCCCCCCCCCC. The molecule has 0 aromatic heterocycles. The van der Waals surface area contributed by atoms with Crippen LogP contribution in [-0.4, -0.2) is 81.2 Å². The van der Waals surface area contributed by atoms with Crippen LogP contribution in [0.4, 0.5) is 0 Å². The van der Waals surface area contributed by atoms with Crippen LogP contribution in [0.3, 0.4) is 0 Å². The van der Waals surface area contributed by atoms with Crippen molar-refractivity contribution in [2.24, 2.45) is 0 Å². The highest BCUT2D eigenvalue weighted by Gasteiger charge is 2.21. The first-order valence-electron chi connectivity index (χ1n) is 24.5. The molecular weight excluding hydrogens is 790 g/mol. The number of aliphatic hydroxyl groups is 1.